The molecule has 0 unspecified atom stereocenters. The highest BCUT2D eigenvalue weighted by molar-refractivity contribution is 6.08. The molecule has 0 saturated carbocycles. The van der Waals surface area contributed by atoms with Crippen LogP contribution in [0.4, 0.5) is 18.9 Å². The van der Waals surface area contributed by atoms with Crippen molar-refractivity contribution in [2.45, 2.75) is 19.6 Å². The van der Waals surface area contributed by atoms with E-state index in [-0.39, 0.29) is 28.6 Å². The van der Waals surface area contributed by atoms with Crippen LogP contribution in [0.3, 0.4) is 0 Å². The zero-order chi connectivity index (χ0) is 21.7. The standard InChI is InChI=1S/C19H21F3N4O4/c1-2-26-16(18(28)25-6-8-29-9-7-25)15(11-23-26)24-17(27)13-4-3-5-14(10-13)30-12-19(20,21)22/h3-5,10-11H,2,6-9,12H2,1H3,(H,24,27). The molecule has 0 bridgehead atoms. The molecule has 2 aromatic rings. The van der Waals surface area contributed by atoms with Crippen LogP contribution in [0.2, 0.25) is 0 Å². The quantitative estimate of drug-likeness (QED) is 0.768. The molecule has 1 aromatic carbocycles. The SMILES string of the molecule is CCn1ncc(NC(=O)c2cccc(OCC(F)(F)F)c2)c1C(=O)N1CCOCC1. The highest BCUT2D eigenvalue weighted by Crippen LogP contribution is 2.22. The summed E-state index contributed by atoms with van der Waals surface area (Å²) in [4.78, 5) is 27.2. The van der Waals surface area contributed by atoms with E-state index in [1.165, 1.54) is 35.1 Å². The molecule has 0 radical (unpaired) electrons. The number of carbonyl (C=O) groups excluding carboxylic acids is 2. The van der Waals surface area contributed by atoms with Crippen molar-refractivity contribution < 1.29 is 32.2 Å². The van der Waals surface area contributed by atoms with Crippen molar-refractivity contribution in [1.29, 1.82) is 0 Å². The van der Waals surface area contributed by atoms with Gasteiger partial charge in [-0.05, 0) is 25.1 Å². The number of alkyl halides is 3. The Hall–Kier alpha value is -3.08. The van der Waals surface area contributed by atoms with Crippen LogP contribution < -0.4 is 10.1 Å². The Bertz CT molecular complexity index is 907. The maximum Gasteiger partial charge on any atom is 0.422 e. The van der Waals surface area contributed by atoms with Crippen molar-refractivity contribution in [3.05, 3.63) is 41.7 Å². The van der Waals surface area contributed by atoms with Gasteiger partial charge in [0.05, 0.1) is 25.1 Å². The molecule has 11 heteroatoms. The normalized spacial score (nSPS) is 14.5. The molecule has 162 valence electrons. The van der Waals surface area contributed by atoms with Crippen LogP contribution in [0.1, 0.15) is 27.8 Å². The first-order valence-corrected chi connectivity index (χ1v) is 9.32. The lowest BCUT2D eigenvalue weighted by atomic mass is 10.2. The largest absolute Gasteiger partial charge is 0.484 e. The smallest absolute Gasteiger partial charge is 0.422 e. The van der Waals surface area contributed by atoms with E-state index in [4.69, 9.17) is 4.74 Å². The van der Waals surface area contributed by atoms with Crippen molar-refractivity contribution in [2.75, 3.05) is 38.2 Å². The minimum atomic E-state index is -4.48. The Balaban J connectivity index is 1.77. The molecule has 1 aromatic heterocycles. The van der Waals surface area contributed by atoms with Crippen molar-refractivity contribution in [2.24, 2.45) is 0 Å². The zero-order valence-corrected chi connectivity index (χ0v) is 16.2. The number of nitrogens with zero attached hydrogens (tertiary/aromatic N) is 3. The Morgan fingerprint density at radius 3 is 2.67 bits per heavy atom. The summed E-state index contributed by atoms with van der Waals surface area (Å²) in [5, 5.41) is 6.77. The molecule has 0 atom stereocenters. The summed E-state index contributed by atoms with van der Waals surface area (Å²) in [5.74, 6) is -0.969. The predicted octanol–water partition coefficient (Wildman–Crippen LogP) is 2.57. The summed E-state index contributed by atoms with van der Waals surface area (Å²) in [6.45, 7) is 2.49. The van der Waals surface area contributed by atoms with Crippen molar-refractivity contribution in [3.63, 3.8) is 0 Å². The van der Waals surface area contributed by atoms with Gasteiger partial charge in [0.15, 0.2) is 6.61 Å². The Morgan fingerprint density at radius 2 is 2.00 bits per heavy atom. The summed E-state index contributed by atoms with van der Waals surface area (Å²) in [6.07, 6.45) is -3.11. The van der Waals surface area contributed by atoms with Crippen LogP contribution in [-0.2, 0) is 11.3 Å². The number of hydrogen-bond donors (Lipinski definition) is 1. The molecule has 1 saturated heterocycles. The number of hydrogen-bond acceptors (Lipinski definition) is 5. The second-order valence-electron chi connectivity index (χ2n) is 6.51. The molecule has 8 nitrogen and oxygen atoms in total. The summed E-state index contributed by atoms with van der Waals surface area (Å²) in [5.41, 5.74) is 0.542. The third-order valence-electron chi connectivity index (χ3n) is 4.39. The van der Waals surface area contributed by atoms with E-state index in [2.05, 4.69) is 15.2 Å². The van der Waals surface area contributed by atoms with Gasteiger partial charge in [0, 0.05) is 25.2 Å². The highest BCUT2D eigenvalue weighted by atomic mass is 19.4. The molecular formula is C19H21F3N4O4. The van der Waals surface area contributed by atoms with Gasteiger partial charge >= 0.3 is 6.18 Å². The number of amides is 2. The topological polar surface area (TPSA) is 85.7 Å². The number of nitrogens with one attached hydrogen (secondary N) is 1. The second-order valence-corrected chi connectivity index (χ2v) is 6.51. The Kier molecular flexibility index (Phi) is 6.60. The Morgan fingerprint density at radius 1 is 1.27 bits per heavy atom. The van der Waals surface area contributed by atoms with E-state index < -0.39 is 18.7 Å². The van der Waals surface area contributed by atoms with E-state index in [9.17, 15) is 22.8 Å². The first-order chi connectivity index (χ1) is 14.3. The molecule has 1 aliphatic rings. The van der Waals surface area contributed by atoms with Crippen molar-refractivity contribution in [1.82, 2.24) is 14.7 Å². The van der Waals surface area contributed by atoms with Crippen LogP contribution in [0, 0.1) is 0 Å². The van der Waals surface area contributed by atoms with E-state index >= 15 is 0 Å². The van der Waals surface area contributed by atoms with Gasteiger partial charge in [0.1, 0.15) is 11.4 Å². The van der Waals surface area contributed by atoms with E-state index in [0.29, 0.717) is 32.8 Å². The molecule has 1 fully saturated rings. The number of aryl methyl sites for hydroxylation is 1. The average Bonchev–Trinajstić information content (AvgIpc) is 3.14. The summed E-state index contributed by atoms with van der Waals surface area (Å²) >= 11 is 0. The maximum absolute atomic E-state index is 12.9. The van der Waals surface area contributed by atoms with Gasteiger partial charge < -0.3 is 19.7 Å². The second kappa shape index (κ2) is 9.16. The monoisotopic (exact) mass is 426 g/mol. The molecule has 0 spiro atoms. The van der Waals surface area contributed by atoms with Gasteiger partial charge in [-0.25, -0.2) is 0 Å². The van der Waals surface area contributed by atoms with Gasteiger partial charge in [0.25, 0.3) is 11.8 Å². The molecule has 1 aliphatic heterocycles. The first-order valence-electron chi connectivity index (χ1n) is 9.32. The fraction of sp³-hybridized carbons (Fsp3) is 0.421. The highest BCUT2D eigenvalue weighted by Gasteiger charge is 2.29. The van der Waals surface area contributed by atoms with E-state index in [0.717, 1.165) is 0 Å². The molecule has 2 amide bonds. The first kappa shape index (κ1) is 21.6. The van der Waals surface area contributed by atoms with Crippen LogP contribution in [0.15, 0.2) is 30.5 Å². The number of ether oxygens (including phenoxy) is 2. The van der Waals surface area contributed by atoms with Crippen molar-refractivity contribution in [3.8, 4) is 5.75 Å². The van der Waals surface area contributed by atoms with Crippen LogP contribution in [0.5, 0.6) is 5.75 Å². The third kappa shape index (κ3) is 5.29. The Labute approximate surface area is 170 Å². The van der Waals surface area contributed by atoms with Gasteiger partial charge in [-0.2, -0.15) is 18.3 Å². The van der Waals surface area contributed by atoms with Gasteiger partial charge in [-0.3, -0.25) is 14.3 Å². The zero-order valence-electron chi connectivity index (χ0n) is 16.2. The number of benzene rings is 1. The molecular weight excluding hydrogens is 405 g/mol. The minimum Gasteiger partial charge on any atom is -0.484 e. The molecule has 30 heavy (non-hydrogen) atoms. The minimum absolute atomic E-state index is 0.0868. The number of morpholine rings is 1. The van der Waals surface area contributed by atoms with Crippen LogP contribution in [-0.4, -0.2) is 65.6 Å². The molecule has 3 rings (SSSR count). The van der Waals surface area contributed by atoms with Gasteiger partial charge in [-0.1, -0.05) is 6.07 Å². The summed E-state index contributed by atoms with van der Waals surface area (Å²) in [7, 11) is 0. The van der Waals surface area contributed by atoms with Gasteiger partial charge in [-0.15, -0.1) is 0 Å². The van der Waals surface area contributed by atoms with E-state index in [1.54, 1.807) is 4.90 Å². The average molecular weight is 426 g/mol. The predicted molar refractivity (Wildman–Crippen MR) is 101 cm³/mol. The number of anilines is 1. The maximum atomic E-state index is 12.9. The summed E-state index contributed by atoms with van der Waals surface area (Å²) in [6, 6.07) is 5.37. The fourth-order valence-electron chi connectivity index (χ4n) is 2.95. The number of halogens is 3. The molecule has 0 aliphatic carbocycles. The lowest BCUT2D eigenvalue weighted by Gasteiger charge is -2.27. The lowest BCUT2D eigenvalue weighted by molar-refractivity contribution is -0.153. The van der Waals surface area contributed by atoms with Crippen LogP contribution in [0.25, 0.3) is 0 Å². The van der Waals surface area contributed by atoms with Crippen LogP contribution >= 0.6 is 0 Å². The van der Waals surface area contributed by atoms with E-state index in [1.807, 2.05) is 6.92 Å². The third-order valence-corrected chi connectivity index (χ3v) is 4.39. The van der Waals surface area contributed by atoms with Crippen molar-refractivity contribution >= 4 is 17.5 Å². The fourth-order valence-corrected chi connectivity index (χ4v) is 2.95. The number of rotatable bonds is 6. The summed E-state index contributed by atoms with van der Waals surface area (Å²) < 4.78 is 48.4. The molecule has 1 N–H and O–H groups in total. The molecule has 2 heterocycles. The number of aromatic nitrogens is 2. The lowest BCUT2D eigenvalue weighted by Crippen LogP contribution is -2.41. The number of carbonyl (C=O) groups is 2. The van der Waals surface area contributed by atoms with Gasteiger partial charge in [0.2, 0.25) is 0 Å².